The summed E-state index contributed by atoms with van der Waals surface area (Å²) in [5.41, 5.74) is 4.30. The van der Waals surface area contributed by atoms with Gasteiger partial charge in [-0.15, -0.1) is 0 Å². The maximum Gasteiger partial charge on any atom is 0.206 e. The number of imidazole rings is 1. The summed E-state index contributed by atoms with van der Waals surface area (Å²) in [6.07, 6.45) is 3.25. The zero-order chi connectivity index (χ0) is 21.6. The molecule has 31 heavy (non-hydrogen) atoms. The van der Waals surface area contributed by atoms with Crippen LogP contribution in [-0.4, -0.2) is 52.7 Å². The molecule has 4 rings (SSSR count). The number of ether oxygens (including phenoxy) is 1. The fraction of sp³-hybridized carbons (Fsp3) is 0.458. The lowest BCUT2D eigenvalue weighted by atomic mass is 10.2. The van der Waals surface area contributed by atoms with Crippen LogP contribution in [0.5, 0.6) is 0 Å². The van der Waals surface area contributed by atoms with Crippen molar-refractivity contribution in [3.8, 4) is 0 Å². The average Bonchev–Trinajstić information content (AvgIpc) is 3.42. The predicted molar refractivity (Wildman–Crippen MR) is 123 cm³/mol. The lowest BCUT2D eigenvalue weighted by Crippen LogP contribution is -2.19. The highest BCUT2D eigenvalue weighted by atomic mass is 16.5. The first kappa shape index (κ1) is 21.6. The number of benzene rings is 2. The van der Waals surface area contributed by atoms with E-state index in [2.05, 4.69) is 52.2 Å². The van der Waals surface area contributed by atoms with Crippen LogP contribution in [0.4, 0.5) is 11.6 Å². The summed E-state index contributed by atoms with van der Waals surface area (Å²) in [6.45, 7) is 1.85. The monoisotopic (exact) mass is 424 g/mol. The van der Waals surface area contributed by atoms with Crippen LogP contribution in [0, 0.1) is 0 Å². The van der Waals surface area contributed by atoms with E-state index in [-0.39, 0.29) is 25.5 Å². The zero-order valence-electron chi connectivity index (χ0n) is 18.1. The Morgan fingerprint density at radius 2 is 2.00 bits per heavy atom. The Labute approximate surface area is 183 Å². The van der Waals surface area contributed by atoms with Gasteiger partial charge in [0.05, 0.1) is 23.7 Å². The molecular formula is C24H32N4O3. The molecule has 2 atom stereocenters. The lowest BCUT2D eigenvalue weighted by Gasteiger charge is -2.20. The molecule has 0 spiro atoms. The van der Waals surface area contributed by atoms with Crippen molar-refractivity contribution in [2.75, 3.05) is 37.0 Å². The Bertz CT molecular complexity index is 990. The average molecular weight is 425 g/mol. The number of nitrogens with zero attached hydrogens (tertiary/aromatic N) is 3. The van der Waals surface area contributed by atoms with Crippen molar-refractivity contribution in [2.24, 2.45) is 0 Å². The maximum absolute atomic E-state index is 9.47. The number of para-hydroxylation sites is 2. The topological polar surface area (TPSA) is 82.8 Å². The molecule has 0 radical (unpaired) electrons. The number of rotatable bonds is 10. The number of anilines is 2. The fourth-order valence-corrected chi connectivity index (χ4v) is 4.15. The molecule has 1 aromatic heterocycles. The van der Waals surface area contributed by atoms with Crippen molar-refractivity contribution in [3.63, 3.8) is 0 Å². The fourth-order valence-electron chi connectivity index (χ4n) is 4.15. The van der Waals surface area contributed by atoms with E-state index in [9.17, 15) is 5.11 Å². The Morgan fingerprint density at radius 1 is 1.13 bits per heavy atom. The maximum atomic E-state index is 9.47. The molecular weight excluding hydrogens is 392 g/mol. The van der Waals surface area contributed by atoms with Crippen molar-refractivity contribution < 1.29 is 14.9 Å². The van der Waals surface area contributed by atoms with Crippen LogP contribution in [0.2, 0.25) is 0 Å². The Kier molecular flexibility index (Phi) is 7.06. The van der Waals surface area contributed by atoms with Crippen LogP contribution < -0.4 is 10.2 Å². The standard InChI is InChI=1S/C24H32N4O3/c1-27(13-4-5-14-29)19-8-6-7-18(15-19)16-25-24-26-21-9-2-3-10-22(21)28(24)23-12-11-20(17-30)31-23/h2-3,6-10,15,20,23,29-30H,4-5,11-14,16-17H2,1H3,(H,25,26)/t20-,23+/m0/s1. The number of nitrogens with one attached hydrogen (secondary N) is 1. The second-order valence-electron chi connectivity index (χ2n) is 8.14. The molecule has 0 bridgehead atoms. The van der Waals surface area contributed by atoms with E-state index < -0.39 is 0 Å². The van der Waals surface area contributed by atoms with Gasteiger partial charge in [-0.3, -0.25) is 4.57 Å². The highest BCUT2D eigenvalue weighted by Gasteiger charge is 2.29. The molecule has 0 saturated carbocycles. The van der Waals surface area contributed by atoms with E-state index in [1.54, 1.807) is 0 Å². The summed E-state index contributed by atoms with van der Waals surface area (Å²) in [5, 5.41) is 22.0. The van der Waals surface area contributed by atoms with Crippen LogP contribution >= 0.6 is 0 Å². The first-order chi connectivity index (χ1) is 15.2. The number of unbranched alkanes of at least 4 members (excludes halogenated alkanes) is 1. The van der Waals surface area contributed by atoms with Crippen LogP contribution in [-0.2, 0) is 11.3 Å². The van der Waals surface area contributed by atoms with Crippen LogP contribution in [0.3, 0.4) is 0 Å². The van der Waals surface area contributed by atoms with Gasteiger partial charge in [-0.2, -0.15) is 0 Å². The smallest absolute Gasteiger partial charge is 0.206 e. The normalized spacial score (nSPS) is 18.5. The molecule has 0 amide bonds. The van der Waals surface area contributed by atoms with Gasteiger partial charge in [0.15, 0.2) is 0 Å². The third-order valence-electron chi connectivity index (χ3n) is 5.88. The van der Waals surface area contributed by atoms with Crippen LogP contribution in [0.1, 0.15) is 37.5 Å². The molecule has 1 aliphatic heterocycles. The van der Waals surface area contributed by atoms with Crippen molar-refractivity contribution in [1.82, 2.24) is 9.55 Å². The highest BCUT2D eigenvalue weighted by molar-refractivity contribution is 5.78. The van der Waals surface area contributed by atoms with E-state index in [1.807, 2.05) is 18.2 Å². The van der Waals surface area contributed by atoms with Gasteiger partial charge in [0.25, 0.3) is 0 Å². The van der Waals surface area contributed by atoms with Gasteiger partial charge in [0.1, 0.15) is 6.23 Å². The van der Waals surface area contributed by atoms with Gasteiger partial charge in [-0.1, -0.05) is 24.3 Å². The van der Waals surface area contributed by atoms with Crippen LogP contribution in [0.25, 0.3) is 11.0 Å². The largest absolute Gasteiger partial charge is 0.396 e. The lowest BCUT2D eigenvalue weighted by molar-refractivity contribution is -0.0195. The van der Waals surface area contributed by atoms with Crippen LogP contribution in [0.15, 0.2) is 48.5 Å². The number of fused-ring (bicyclic) bond motifs is 1. The number of hydrogen-bond acceptors (Lipinski definition) is 6. The van der Waals surface area contributed by atoms with E-state index in [4.69, 9.17) is 14.8 Å². The minimum Gasteiger partial charge on any atom is -0.396 e. The summed E-state index contributed by atoms with van der Waals surface area (Å²) in [5.74, 6) is 0.784. The number of hydrogen-bond donors (Lipinski definition) is 3. The van der Waals surface area contributed by atoms with E-state index in [0.29, 0.717) is 6.54 Å². The second-order valence-corrected chi connectivity index (χ2v) is 8.14. The van der Waals surface area contributed by atoms with Gasteiger partial charge in [-0.05, 0) is 55.5 Å². The number of aromatic nitrogens is 2. The van der Waals surface area contributed by atoms with Gasteiger partial charge in [0, 0.05) is 32.4 Å². The van der Waals surface area contributed by atoms with Crippen molar-refractivity contribution in [2.45, 2.75) is 44.6 Å². The molecule has 3 aromatic rings. The molecule has 7 heteroatoms. The Hall–Kier alpha value is -2.61. The molecule has 0 unspecified atom stereocenters. The molecule has 1 aliphatic rings. The summed E-state index contributed by atoms with van der Waals surface area (Å²) in [7, 11) is 2.08. The second kappa shape index (κ2) is 10.1. The summed E-state index contributed by atoms with van der Waals surface area (Å²) in [4.78, 5) is 7.02. The molecule has 3 N–H and O–H groups in total. The van der Waals surface area contributed by atoms with Crippen molar-refractivity contribution in [1.29, 1.82) is 0 Å². The van der Waals surface area contributed by atoms with E-state index in [0.717, 1.165) is 54.9 Å². The summed E-state index contributed by atoms with van der Waals surface area (Å²) >= 11 is 0. The van der Waals surface area contributed by atoms with Gasteiger partial charge in [0.2, 0.25) is 5.95 Å². The quantitative estimate of drug-likeness (QED) is 0.432. The van der Waals surface area contributed by atoms with Crippen molar-refractivity contribution >= 4 is 22.7 Å². The SMILES string of the molecule is CN(CCCCO)c1cccc(CNc2nc3ccccc3n2[C@H]2CC[C@@H](CO)O2)c1. The molecule has 1 saturated heterocycles. The highest BCUT2D eigenvalue weighted by Crippen LogP contribution is 2.34. The van der Waals surface area contributed by atoms with Crippen molar-refractivity contribution in [3.05, 3.63) is 54.1 Å². The summed E-state index contributed by atoms with van der Waals surface area (Å²) < 4.78 is 8.18. The summed E-state index contributed by atoms with van der Waals surface area (Å²) in [6, 6.07) is 16.6. The minimum atomic E-state index is -0.129. The first-order valence-corrected chi connectivity index (χ1v) is 11.1. The third-order valence-corrected chi connectivity index (χ3v) is 5.88. The van der Waals surface area contributed by atoms with E-state index >= 15 is 0 Å². The Morgan fingerprint density at radius 3 is 2.81 bits per heavy atom. The minimum absolute atomic E-state index is 0.0461. The zero-order valence-corrected chi connectivity index (χ0v) is 18.1. The Balaban J connectivity index is 1.51. The number of aliphatic hydroxyl groups excluding tert-OH is 2. The van der Waals surface area contributed by atoms with Gasteiger partial charge >= 0.3 is 0 Å². The van der Waals surface area contributed by atoms with Gasteiger partial charge in [-0.25, -0.2) is 4.98 Å². The first-order valence-electron chi connectivity index (χ1n) is 11.1. The molecule has 7 nitrogen and oxygen atoms in total. The third kappa shape index (κ3) is 5.01. The molecule has 2 heterocycles. The molecule has 0 aliphatic carbocycles. The molecule has 166 valence electrons. The molecule has 1 fully saturated rings. The number of aliphatic hydroxyl groups is 2. The van der Waals surface area contributed by atoms with Gasteiger partial charge < -0.3 is 25.2 Å². The van der Waals surface area contributed by atoms with E-state index in [1.165, 1.54) is 5.56 Å². The predicted octanol–water partition coefficient (Wildman–Crippen LogP) is 3.53. The molecule has 2 aromatic carbocycles.